The monoisotopic (exact) mass is 727 g/mol. The van der Waals surface area contributed by atoms with Crippen molar-refractivity contribution >= 4 is 77.5 Å². The molecule has 0 unspecified atom stereocenters. The van der Waals surface area contributed by atoms with Crippen LogP contribution in [0.3, 0.4) is 0 Å². The van der Waals surface area contributed by atoms with Gasteiger partial charge in [-0.05, 0) is 80.4 Å². The Morgan fingerprint density at radius 1 is 0.481 bits per heavy atom. The number of rotatable bonds is 6. The molecule has 0 saturated carbocycles. The van der Waals surface area contributed by atoms with Crippen LogP contribution in [0.2, 0.25) is 0 Å². The molecule has 0 radical (unpaired) electrons. The van der Waals surface area contributed by atoms with Crippen LogP contribution >= 0.6 is 11.3 Å². The van der Waals surface area contributed by atoms with Crippen molar-refractivity contribution < 1.29 is 0 Å². The third-order valence-electron chi connectivity index (χ3n) is 11.3. The van der Waals surface area contributed by atoms with Crippen molar-refractivity contribution in [3.05, 3.63) is 199 Å². The number of benzene rings is 6. The fourth-order valence-electron chi connectivity index (χ4n) is 8.75. The maximum atomic E-state index is 5.02. The van der Waals surface area contributed by atoms with Crippen molar-refractivity contribution in [3.8, 4) is 11.3 Å². The molecule has 9 aromatic rings. The van der Waals surface area contributed by atoms with E-state index in [1.807, 2.05) is 35.9 Å². The van der Waals surface area contributed by atoms with Gasteiger partial charge in [-0.25, -0.2) is 4.98 Å². The Morgan fingerprint density at radius 3 is 1.85 bits per heavy atom. The molecule has 1 aliphatic rings. The molecule has 0 spiro atoms. The molecule has 0 saturated heterocycles. The maximum Gasteiger partial charge on any atom is 0.179 e. The van der Waals surface area contributed by atoms with Crippen molar-refractivity contribution in [3.63, 3.8) is 0 Å². The standard InChI is InChI=1S/C49H37N3SSi/c1-49(2)41-27-26-38(31-44(41)52(48-25-12-14-29-51-48)45-32-40-39-22-9-10-24-46(39)53-47(40)33-42(45)49)54(35-17-5-3-6-18-35,36-19-7-4-8-20-36)37-21-15-16-34(30-37)43-23-11-13-28-50-43/h3-33H,1-2H3. The number of nitrogens with zero attached hydrogens (tertiary/aromatic N) is 3. The van der Waals surface area contributed by atoms with E-state index < -0.39 is 8.07 Å². The van der Waals surface area contributed by atoms with Crippen LogP contribution in [0.4, 0.5) is 17.2 Å². The van der Waals surface area contributed by atoms with Gasteiger partial charge in [0.2, 0.25) is 0 Å². The molecular weight excluding hydrogens is 691 g/mol. The van der Waals surface area contributed by atoms with Crippen LogP contribution in [0.1, 0.15) is 25.0 Å². The summed E-state index contributed by atoms with van der Waals surface area (Å²) < 4.78 is 2.63. The van der Waals surface area contributed by atoms with Crippen molar-refractivity contribution in [2.75, 3.05) is 4.90 Å². The lowest BCUT2D eigenvalue weighted by molar-refractivity contribution is 0.633. The third kappa shape index (κ3) is 5.00. The van der Waals surface area contributed by atoms with E-state index in [0.29, 0.717) is 0 Å². The molecule has 0 atom stereocenters. The molecule has 6 aromatic carbocycles. The van der Waals surface area contributed by atoms with E-state index in [-0.39, 0.29) is 5.41 Å². The first-order chi connectivity index (χ1) is 26.5. The van der Waals surface area contributed by atoms with E-state index in [1.54, 1.807) is 0 Å². The lowest BCUT2D eigenvalue weighted by atomic mass is 9.73. The van der Waals surface area contributed by atoms with Crippen molar-refractivity contribution in [2.45, 2.75) is 19.3 Å². The van der Waals surface area contributed by atoms with E-state index in [4.69, 9.17) is 9.97 Å². The molecule has 3 aromatic heterocycles. The highest BCUT2D eigenvalue weighted by Gasteiger charge is 2.44. The molecule has 3 nitrogen and oxygen atoms in total. The fraction of sp³-hybridized carbons (Fsp3) is 0.0612. The second-order valence-corrected chi connectivity index (χ2v) is 19.5. The minimum absolute atomic E-state index is 0.262. The van der Waals surface area contributed by atoms with Crippen molar-refractivity contribution in [1.29, 1.82) is 0 Å². The highest BCUT2D eigenvalue weighted by Crippen LogP contribution is 2.53. The average molecular weight is 728 g/mol. The predicted molar refractivity (Wildman–Crippen MR) is 231 cm³/mol. The molecule has 0 amide bonds. The summed E-state index contributed by atoms with van der Waals surface area (Å²) in [6, 6.07) is 64.9. The number of fused-ring (bicyclic) bond motifs is 5. The first-order valence-corrected chi connectivity index (χ1v) is 21.3. The quantitative estimate of drug-likeness (QED) is 0.126. The molecule has 1 aliphatic heterocycles. The van der Waals surface area contributed by atoms with Gasteiger partial charge in [0.25, 0.3) is 0 Å². The number of pyridine rings is 2. The van der Waals surface area contributed by atoms with Gasteiger partial charge in [0.1, 0.15) is 5.82 Å². The van der Waals surface area contributed by atoms with Gasteiger partial charge in [-0.2, -0.15) is 0 Å². The van der Waals surface area contributed by atoms with Crippen molar-refractivity contribution in [2.24, 2.45) is 0 Å². The molecule has 0 N–H and O–H groups in total. The summed E-state index contributed by atoms with van der Waals surface area (Å²) in [6.07, 6.45) is 3.79. The maximum absolute atomic E-state index is 5.02. The summed E-state index contributed by atoms with van der Waals surface area (Å²) in [6.45, 7) is 4.77. The molecule has 0 fully saturated rings. The van der Waals surface area contributed by atoms with Crippen LogP contribution in [-0.2, 0) is 5.41 Å². The first kappa shape index (κ1) is 32.5. The van der Waals surface area contributed by atoms with Gasteiger partial charge >= 0.3 is 0 Å². The van der Waals surface area contributed by atoms with Crippen LogP contribution < -0.4 is 25.6 Å². The topological polar surface area (TPSA) is 29.0 Å². The Kier molecular flexibility index (Phi) is 7.68. The molecular formula is C49H37N3SSi. The molecule has 258 valence electrons. The number of thiophene rings is 1. The minimum atomic E-state index is -2.93. The summed E-state index contributed by atoms with van der Waals surface area (Å²) in [7, 11) is -2.93. The Morgan fingerprint density at radius 2 is 1.13 bits per heavy atom. The summed E-state index contributed by atoms with van der Waals surface area (Å²) in [4.78, 5) is 12.2. The van der Waals surface area contributed by atoms with Crippen LogP contribution in [0, 0.1) is 0 Å². The number of anilines is 3. The van der Waals surface area contributed by atoms with Crippen molar-refractivity contribution in [1.82, 2.24) is 9.97 Å². The van der Waals surface area contributed by atoms with E-state index in [1.165, 1.54) is 63.4 Å². The van der Waals surface area contributed by atoms with Gasteiger partial charge in [0, 0.05) is 43.5 Å². The molecule has 0 aliphatic carbocycles. The summed E-state index contributed by atoms with van der Waals surface area (Å²) in [5.41, 5.74) is 6.78. The van der Waals surface area contributed by atoms with Crippen LogP contribution in [-0.4, -0.2) is 18.0 Å². The van der Waals surface area contributed by atoms with E-state index in [2.05, 4.69) is 183 Å². The molecule has 54 heavy (non-hydrogen) atoms. The Hall–Kier alpha value is -6.14. The largest absolute Gasteiger partial charge is 0.294 e. The molecule has 0 bridgehead atoms. The Balaban J connectivity index is 1.29. The molecule has 5 heteroatoms. The number of hydrogen-bond donors (Lipinski definition) is 0. The molecule has 4 heterocycles. The smallest absolute Gasteiger partial charge is 0.179 e. The van der Waals surface area contributed by atoms with Crippen LogP contribution in [0.5, 0.6) is 0 Å². The second kappa shape index (κ2) is 12.8. The summed E-state index contributed by atoms with van der Waals surface area (Å²) in [5.74, 6) is 0.912. The predicted octanol–water partition coefficient (Wildman–Crippen LogP) is 10.00. The second-order valence-electron chi connectivity index (χ2n) is 14.6. The first-order valence-electron chi connectivity index (χ1n) is 18.5. The average Bonchev–Trinajstić information content (AvgIpc) is 3.60. The minimum Gasteiger partial charge on any atom is -0.294 e. The highest BCUT2D eigenvalue weighted by atomic mass is 32.1. The Labute approximate surface area is 320 Å². The lowest BCUT2D eigenvalue weighted by Gasteiger charge is -2.43. The zero-order chi connectivity index (χ0) is 36.3. The van der Waals surface area contributed by atoms with Crippen LogP contribution in [0.25, 0.3) is 31.4 Å². The summed E-state index contributed by atoms with van der Waals surface area (Å²) >= 11 is 1.88. The normalized spacial score (nSPS) is 13.5. The van der Waals surface area contributed by atoms with Gasteiger partial charge in [-0.3, -0.25) is 9.88 Å². The zero-order valence-corrected chi connectivity index (χ0v) is 32.0. The van der Waals surface area contributed by atoms with Gasteiger partial charge in [0.15, 0.2) is 8.07 Å². The third-order valence-corrected chi connectivity index (χ3v) is 17.2. The van der Waals surface area contributed by atoms with Gasteiger partial charge in [-0.1, -0.05) is 141 Å². The fourth-order valence-corrected chi connectivity index (χ4v) is 14.7. The van der Waals surface area contributed by atoms with Gasteiger partial charge in [-0.15, -0.1) is 11.3 Å². The zero-order valence-electron chi connectivity index (χ0n) is 30.1. The highest BCUT2D eigenvalue weighted by molar-refractivity contribution is 7.25. The number of hydrogen-bond acceptors (Lipinski definition) is 4. The van der Waals surface area contributed by atoms with Gasteiger partial charge in [0.05, 0.1) is 17.1 Å². The number of aromatic nitrogens is 2. The lowest BCUT2D eigenvalue weighted by Crippen LogP contribution is -2.74. The SMILES string of the molecule is CC1(C)c2ccc([Si](c3ccccc3)(c3ccccc3)c3cccc(-c4ccccn4)c3)cc2N(c2ccccn2)c2cc3c(cc21)sc1ccccc13. The van der Waals surface area contributed by atoms with Crippen LogP contribution in [0.15, 0.2) is 188 Å². The Bertz CT molecular complexity index is 2760. The van der Waals surface area contributed by atoms with E-state index in [9.17, 15) is 0 Å². The van der Waals surface area contributed by atoms with E-state index in [0.717, 1.165) is 17.1 Å². The molecule has 10 rings (SSSR count). The summed E-state index contributed by atoms with van der Waals surface area (Å²) in [5, 5.41) is 7.88. The van der Waals surface area contributed by atoms with E-state index >= 15 is 0 Å². The van der Waals surface area contributed by atoms with Gasteiger partial charge < -0.3 is 0 Å².